The van der Waals surface area contributed by atoms with Crippen molar-refractivity contribution in [1.82, 2.24) is 5.10 Å². The second-order valence-electron chi connectivity index (χ2n) is 4.44. The fraction of sp³-hybridized carbons (Fsp3) is 0. The second-order valence-corrected chi connectivity index (χ2v) is 4.88. The predicted molar refractivity (Wildman–Crippen MR) is 79.1 cm³/mol. The van der Waals surface area contributed by atoms with E-state index in [9.17, 15) is 15.2 Å². The number of anilines is 1. The van der Waals surface area contributed by atoms with Gasteiger partial charge in [-0.2, -0.15) is 0 Å². The molecule has 8 heteroatoms. The monoisotopic (exact) mass is 316 g/mol. The molecule has 0 saturated heterocycles. The van der Waals surface area contributed by atoms with E-state index in [0.29, 0.717) is 14.6 Å². The van der Waals surface area contributed by atoms with Crippen LogP contribution in [0.3, 0.4) is 0 Å². The van der Waals surface area contributed by atoms with Crippen molar-refractivity contribution in [2.45, 2.75) is 0 Å². The minimum absolute atomic E-state index is 0.110. The third-order valence-electron chi connectivity index (χ3n) is 3.02. The van der Waals surface area contributed by atoms with Gasteiger partial charge in [-0.25, -0.2) is 10.0 Å². The molecular weight excluding hydrogens is 308 g/mol. The molecule has 0 spiro atoms. The van der Waals surface area contributed by atoms with Crippen molar-refractivity contribution in [3.8, 4) is 0 Å². The van der Waals surface area contributed by atoms with Gasteiger partial charge in [-0.15, -0.1) is 0 Å². The third-order valence-corrected chi connectivity index (χ3v) is 3.27. The number of para-hydroxylation sites is 2. The van der Waals surface area contributed by atoms with E-state index in [0.717, 1.165) is 0 Å². The molecule has 0 saturated carbocycles. The highest BCUT2D eigenvalue weighted by Crippen LogP contribution is 2.11. The Morgan fingerprint density at radius 3 is 2.36 bits per heavy atom. The van der Waals surface area contributed by atoms with E-state index in [2.05, 4.69) is 10.4 Å². The summed E-state index contributed by atoms with van der Waals surface area (Å²) in [5, 5.41) is 30.3. The topological polar surface area (TPSA) is 95.9 Å². The quantitative estimate of drug-likeness (QED) is 0.571. The first-order valence-corrected chi connectivity index (χ1v) is 6.63. The summed E-state index contributed by atoms with van der Waals surface area (Å²) in [6.07, 6.45) is 0. The molecule has 0 unspecified atom stereocenters. The first kappa shape index (κ1) is 14.0. The zero-order valence-electron chi connectivity index (χ0n) is 11.1. The Bertz CT molecular complexity index is 868. The van der Waals surface area contributed by atoms with Crippen molar-refractivity contribution >= 4 is 34.5 Å². The van der Waals surface area contributed by atoms with Crippen LogP contribution >= 0.6 is 11.6 Å². The van der Waals surface area contributed by atoms with Gasteiger partial charge in [-0.05, 0) is 30.3 Å². The molecule has 1 aromatic heterocycles. The fourth-order valence-electron chi connectivity index (χ4n) is 1.94. The number of rotatable bonds is 2. The zero-order chi connectivity index (χ0) is 15.7. The van der Waals surface area contributed by atoms with Gasteiger partial charge in [-0.1, -0.05) is 23.7 Å². The molecule has 3 rings (SSSR count). The van der Waals surface area contributed by atoms with Crippen LogP contribution < -0.4 is 14.9 Å². The summed E-state index contributed by atoms with van der Waals surface area (Å²) in [6, 6.07) is 12.3. The van der Waals surface area contributed by atoms with Crippen LogP contribution in [-0.2, 0) is 0 Å². The molecule has 110 valence electrons. The lowest BCUT2D eigenvalue weighted by molar-refractivity contribution is -0.672. The van der Waals surface area contributed by atoms with Crippen LogP contribution in [0.15, 0.2) is 48.5 Å². The number of amides is 1. The van der Waals surface area contributed by atoms with E-state index >= 15 is 0 Å². The molecule has 3 aromatic rings. The van der Waals surface area contributed by atoms with Gasteiger partial charge >= 0.3 is 11.9 Å². The van der Waals surface area contributed by atoms with Crippen molar-refractivity contribution in [2.24, 2.45) is 0 Å². The molecule has 0 aliphatic heterocycles. The maximum absolute atomic E-state index is 12.2. The van der Waals surface area contributed by atoms with Gasteiger partial charge < -0.3 is 10.4 Å². The van der Waals surface area contributed by atoms with Crippen LogP contribution in [0.5, 0.6) is 0 Å². The molecule has 2 aromatic carbocycles. The Hall–Kier alpha value is -2.93. The first-order chi connectivity index (χ1) is 10.6. The van der Waals surface area contributed by atoms with Gasteiger partial charge in [0.05, 0.1) is 5.56 Å². The van der Waals surface area contributed by atoms with Crippen LogP contribution in [0.25, 0.3) is 11.0 Å². The Kier molecular flexibility index (Phi) is 3.48. The third kappa shape index (κ3) is 2.49. The average Bonchev–Trinajstić information content (AvgIpc) is 2.53. The zero-order valence-corrected chi connectivity index (χ0v) is 11.8. The molecular formula is C14H9ClN4O3. The van der Waals surface area contributed by atoms with Crippen molar-refractivity contribution in [1.29, 1.82) is 0 Å². The van der Waals surface area contributed by atoms with Crippen molar-refractivity contribution in [3.05, 3.63) is 69.5 Å². The minimum atomic E-state index is -0.566. The van der Waals surface area contributed by atoms with E-state index in [1.165, 1.54) is 24.3 Å². The highest BCUT2D eigenvalue weighted by molar-refractivity contribution is 6.30. The Balaban J connectivity index is 1.98. The molecule has 7 nitrogen and oxygen atoms in total. The number of hydrogen-bond donors (Lipinski definition) is 1. The summed E-state index contributed by atoms with van der Waals surface area (Å²) in [5.74, 6) is -0.960. The Labute approximate surface area is 129 Å². The van der Waals surface area contributed by atoms with Crippen molar-refractivity contribution < 1.29 is 14.4 Å². The Morgan fingerprint density at radius 2 is 1.68 bits per heavy atom. The number of halogens is 1. The smallest absolute Gasteiger partial charge is 0.468 e. The normalized spacial score (nSPS) is 10.6. The predicted octanol–water partition coefficient (Wildman–Crippen LogP) is 1.41. The van der Waals surface area contributed by atoms with Crippen molar-refractivity contribution in [3.63, 3.8) is 0 Å². The second kappa shape index (κ2) is 5.45. The molecule has 0 aliphatic carbocycles. The molecule has 22 heavy (non-hydrogen) atoms. The largest absolute Gasteiger partial charge is 0.739 e. The van der Waals surface area contributed by atoms with Gasteiger partial charge in [0.2, 0.25) is 5.10 Å². The number of aromatic nitrogens is 3. The number of nitrogens with zero attached hydrogens (tertiary/aromatic N) is 3. The molecule has 1 amide bonds. The van der Waals surface area contributed by atoms with E-state index in [1.807, 2.05) is 0 Å². The lowest BCUT2D eigenvalue weighted by Gasteiger charge is -2.09. The maximum atomic E-state index is 12.2. The molecule has 0 fully saturated rings. The number of benzene rings is 2. The number of fused-ring (bicyclic) bond motifs is 1. The van der Waals surface area contributed by atoms with Crippen LogP contribution in [0.4, 0.5) is 5.95 Å². The van der Waals surface area contributed by atoms with Crippen molar-refractivity contribution in [2.75, 3.05) is 5.32 Å². The maximum Gasteiger partial charge on any atom is 0.468 e. The molecule has 1 N–H and O–H groups in total. The molecule has 0 bridgehead atoms. The van der Waals surface area contributed by atoms with E-state index < -0.39 is 11.9 Å². The minimum Gasteiger partial charge on any atom is -0.739 e. The molecule has 0 atom stereocenters. The highest BCUT2D eigenvalue weighted by atomic mass is 35.5. The van der Waals surface area contributed by atoms with Crippen LogP contribution in [0, 0.1) is 10.4 Å². The number of carbonyl (C=O) groups excluding carboxylic acids is 1. The Morgan fingerprint density at radius 1 is 1.05 bits per heavy atom. The van der Waals surface area contributed by atoms with Crippen LogP contribution in [-0.4, -0.2) is 11.0 Å². The van der Waals surface area contributed by atoms with Gasteiger partial charge in [0.15, 0.2) is 5.52 Å². The summed E-state index contributed by atoms with van der Waals surface area (Å²) in [7, 11) is 0. The SMILES string of the molecule is O=C(Nc1n[n+]([O-])c2ccccc2[n+]1[O-])c1ccc(Cl)cc1. The molecule has 0 aliphatic rings. The molecule has 1 heterocycles. The summed E-state index contributed by atoms with van der Waals surface area (Å²) >= 11 is 5.75. The lowest BCUT2D eigenvalue weighted by atomic mass is 10.2. The summed E-state index contributed by atoms with van der Waals surface area (Å²) in [6.45, 7) is 0. The van der Waals surface area contributed by atoms with Gasteiger partial charge in [0.25, 0.3) is 5.52 Å². The van der Waals surface area contributed by atoms with Crippen LogP contribution in [0.1, 0.15) is 10.4 Å². The van der Waals surface area contributed by atoms with Gasteiger partial charge in [0.1, 0.15) is 0 Å². The average molecular weight is 317 g/mol. The van der Waals surface area contributed by atoms with E-state index in [4.69, 9.17) is 11.6 Å². The number of carbonyl (C=O) groups is 1. The first-order valence-electron chi connectivity index (χ1n) is 6.25. The van der Waals surface area contributed by atoms with Gasteiger partial charge in [-0.3, -0.25) is 4.79 Å². The summed E-state index contributed by atoms with van der Waals surface area (Å²) < 4.78 is 0.400. The number of nitrogens with one attached hydrogen (secondary N) is 1. The lowest BCUT2D eigenvalue weighted by Crippen LogP contribution is -2.44. The van der Waals surface area contributed by atoms with E-state index in [-0.39, 0.29) is 16.6 Å². The standard InChI is InChI=1S/C14H9ClN4O3/c15-10-7-5-9(6-8-10)13(20)16-14-17-19(22)12-4-2-1-3-11(12)18(14)21/h1-8H,(H,16,17,20). The number of hydrogen-bond acceptors (Lipinski definition) is 4. The van der Waals surface area contributed by atoms with Crippen LogP contribution in [0.2, 0.25) is 5.02 Å². The summed E-state index contributed by atoms with van der Waals surface area (Å²) in [4.78, 5) is 12.4. The van der Waals surface area contributed by atoms with Gasteiger partial charge in [0, 0.05) is 15.9 Å². The molecule has 0 radical (unpaired) electrons. The fourth-order valence-corrected chi connectivity index (χ4v) is 2.07. The summed E-state index contributed by atoms with van der Waals surface area (Å²) in [5.41, 5.74) is 0.512. The van der Waals surface area contributed by atoms with E-state index in [1.54, 1.807) is 24.3 Å². The highest BCUT2D eigenvalue weighted by Gasteiger charge is 2.23.